The Hall–Kier alpha value is -1.07. The molecule has 1 aromatic rings. The molecule has 1 N–H and O–H groups in total. The monoisotopic (exact) mass is 272 g/mol. The van der Waals surface area contributed by atoms with Crippen molar-refractivity contribution in [3.05, 3.63) is 28.8 Å². The van der Waals surface area contributed by atoms with Gasteiger partial charge in [0, 0.05) is 6.26 Å². The van der Waals surface area contributed by atoms with Gasteiger partial charge in [0.15, 0.2) is 0 Å². The fraction of sp³-hybridized carbons (Fsp3) is 0.538. The molecule has 0 radical (unpaired) electrons. The summed E-state index contributed by atoms with van der Waals surface area (Å²) in [4.78, 5) is 0. The Labute approximate surface area is 109 Å². The first-order valence-electron chi connectivity index (χ1n) is 5.85. The van der Waals surface area contributed by atoms with Crippen LogP contribution in [0.15, 0.2) is 12.1 Å². The normalized spacial score (nSPS) is 11.6. The Balaban J connectivity index is 2.63. The van der Waals surface area contributed by atoms with Gasteiger partial charge in [0.2, 0.25) is 0 Å². The van der Waals surface area contributed by atoms with Crippen LogP contribution in [0.3, 0.4) is 0 Å². The summed E-state index contributed by atoms with van der Waals surface area (Å²) >= 11 is 0. The molecular weight excluding hydrogens is 252 g/mol. The van der Waals surface area contributed by atoms with E-state index < -0.39 is 9.84 Å². The molecule has 4 nitrogen and oxygen atoms in total. The van der Waals surface area contributed by atoms with Crippen LogP contribution in [0, 0.1) is 13.8 Å². The second-order valence-corrected chi connectivity index (χ2v) is 6.81. The van der Waals surface area contributed by atoms with Gasteiger partial charge in [-0.2, -0.15) is 0 Å². The predicted octanol–water partition coefficient (Wildman–Crippen LogP) is 1.61. The third-order valence-electron chi connectivity index (χ3n) is 2.61. The molecule has 0 atom stereocenters. The van der Waals surface area contributed by atoms with Crippen molar-refractivity contribution >= 4 is 9.84 Å². The second-order valence-electron chi connectivity index (χ2n) is 4.55. The largest absolute Gasteiger partial charge is 0.493 e. The molecule has 18 heavy (non-hydrogen) atoms. The topological polar surface area (TPSA) is 63.6 Å². The van der Waals surface area contributed by atoms with Gasteiger partial charge in [-0.1, -0.05) is 12.1 Å². The number of aliphatic hydroxyl groups excluding tert-OH is 1. The molecule has 5 heteroatoms. The van der Waals surface area contributed by atoms with E-state index in [0.717, 1.165) is 22.4 Å². The minimum absolute atomic E-state index is 0.00996. The number of hydrogen-bond donors (Lipinski definition) is 1. The Morgan fingerprint density at radius 1 is 1.22 bits per heavy atom. The zero-order valence-corrected chi connectivity index (χ0v) is 11.9. The van der Waals surface area contributed by atoms with Crippen molar-refractivity contribution in [1.29, 1.82) is 0 Å². The quantitative estimate of drug-likeness (QED) is 0.799. The lowest BCUT2D eigenvalue weighted by molar-refractivity contribution is 0.280. The average Bonchev–Trinajstić information content (AvgIpc) is 2.25. The minimum atomic E-state index is -2.92. The van der Waals surface area contributed by atoms with Gasteiger partial charge in [-0.3, -0.25) is 0 Å². The Kier molecular flexibility index (Phi) is 5.16. The maximum absolute atomic E-state index is 11.0. The van der Waals surface area contributed by atoms with Crippen molar-refractivity contribution in [3.63, 3.8) is 0 Å². The number of hydrogen-bond acceptors (Lipinski definition) is 4. The van der Waals surface area contributed by atoms with Gasteiger partial charge >= 0.3 is 0 Å². The van der Waals surface area contributed by atoms with E-state index in [1.807, 2.05) is 26.0 Å². The summed E-state index contributed by atoms with van der Waals surface area (Å²) in [6.45, 7) is 4.22. The average molecular weight is 272 g/mol. The van der Waals surface area contributed by atoms with Crippen LogP contribution in [0.2, 0.25) is 0 Å². The second kappa shape index (κ2) is 6.20. The van der Waals surface area contributed by atoms with Gasteiger partial charge in [0.05, 0.1) is 19.0 Å². The summed E-state index contributed by atoms with van der Waals surface area (Å²) in [5, 5.41) is 9.07. The molecule has 0 aromatic heterocycles. The molecule has 0 bridgehead atoms. The standard InChI is InChI=1S/C13H20O4S/c1-10-7-12(9-14)8-11(2)13(10)17-5-4-6-18(3,15)16/h7-8,14H,4-6,9H2,1-3H3. The molecule has 0 heterocycles. The number of rotatable bonds is 6. The molecule has 0 unspecified atom stereocenters. The van der Waals surface area contributed by atoms with Crippen LogP contribution >= 0.6 is 0 Å². The lowest BCUT2D eigenvalue weighted by Crippen LogP contribution is -2.09. The third-order valence-corrected chi connectivity index (χ3v) is 3.64. The summed E-state index contributed by atoms with van der Waals surface area (Å²) < 4.78 is 27.6. The van der Waals surface area contributed by atoms with Gasteiger partial charge < -0.3 is 9.84 Å². The molecule has 0 aliphatic heterocycles. The van der Waals surface area contributed by atoms with Crippen molar-refractivity contribution in [2.75, 3.05) is 18.6 Å². The molecule has 0 spiro atoms. The molecule has 0 aliphatic carbocycles. The summed E-state index contributed by atoms with van der Waals surface area (Å²) in [7, 11) is -2.92. The van der Waals surface area contributed by atoms with E-state index in [2.05, 4.69) is 0 Å². The van der Waals surface area contributed by atoms with E-state index in [9.17, 15) is 8.42 Å². The van der Waals surface area contributed by atoms with Crippen LogP contribution in [0.25, 0.3) is 0 Å². The van der Waals surface area contributed by atoms with Gasteiger partial charge in [0.1, 0.15) is 15.6 Å². The van der Waals surface area contributed by atoms with E-state index in [0.29, 0.717) is 13.0 Å². The van der Waals surface area contributed by atoms with Gasteiger partial charge in [-0.05, 0) is 37.0 Å². The van der Waals surface area contributed by atoms with E-state index >= 15 is 0 Å². The molecule has 0 aliphatic rings. The maximum atomic E-state index is 11.0. The molecule has 0 fully saturated rings. The van der Waals surface area contributed by atoms with Crippen LogP contribution in [-0.4, -0.2) is 32.1 Å². The zero-order chi connectivity index (χ0) is 13.8. The molecule has 1 rings (SSSR count). The Morgan fingerprint density at radius 3 is 2.22 bits per heavy atom. The first-order valence-corrected chi connectivity index (χ1v) is 7.91. The molecule has 1 aromatic carbocycles. The van der Waals surface area contributed by atoms with Crippen LogP contribution in [0.1, 0.15) is 23.1 Å². The van der Waals surface area contributed by atoms with Crippen LogP contribution in [0.5, 0.6) is 5.75 Å². The molecule has 0 saturated heterocycles. The SMILES string of the molecule is Cc1cc(CO)cc(C)c1OCCCS(C)(=O)=O. The van der Waals surface area contributed by atoms with E-state index in [1.54, 1.807) is 0 Å². The highest BCUT2D eigenvalue weighted by Crippen LogP contribution is 2.25. The zero-order valence-electron chi connectivity index (χ0n) is 11.1. The summed E-state index contributed by atoms with van der Waals surface area (Å²) in [6, 6.07) is 3.75. The smallest absolute Gasteiger partial charge is 0.147 e. The van der Waals surface area contributed by atoms with Crippen molar-refractivity contribution in [1.82, 2.24) is 0 Å². The number of sulfone groups is 1. The van der Waals surface area contributed by atoms with E-state index in [4.69, 9.17) is 9.84 Å². The predicted molar refractivity (Wildman–Crippen MR) is 71.7 cm³/mol. The first kappa shape index (κ1) is 15.0. The number of aryl methyl sites for hydroxylation is 2. The third kappa shape index (κ3) is 4.66. The molecular formula is C13H20O4S. The van der Waals surface area contributed by atoms with Crippen molar-refractivity contribution in [2.24, 2.45) is 0 Å². The van der Waals surface area contributed by atoms with Gasteiger partial charge in [0.25, 0.3) is 0 Å². The fourth-order valence-corrected chi connectivity index (χ4v) is 2.50. The highest BCUT2D eigenvalue weighted by Gasteiger charge is 2.07. The highest BCUT2D eigenvalue weighted by molar-refractivity contribution is 7.90. The highest BCUT2D eigenvalue weighted by atomic mass is 32.2. The van der Waals surface area contributed by atoms with Crippen molar-refractivity contribution in [3.8, 4) is 5.75 Å². The van der Waals surface area contributed by atoms with Gasteiger partial charge in [-0.15, -0.1) is 0 Å². The lowest BCUT2D eigenvalue weighted by atomic mass is 10.1. The van der Waals surface area contributed by atoms with Crippen molar-refractivity contribution in [2.45, 2.75) is 26.9 Å². The minimum Gasteiger partial charge on any atom is -0.493 e. The van der Waals surface area contributed by atoms with Gasteiger partial charge in [-0.25, -0.2) is 8.42 Å². The van der Waals surface area contributed by atoms with E-state index in [1.165, 1.54) is 6.26 Å². The van der Waals surface area contributed by atoms with Crippen molar-refractivity contribution < 1.29 is 18.3 Å². The Morgan fingerprint density at radius 2 is 1.78 bits per heavy atom. The molecule has 102 valence electrons. The lowest BCUT2D eigenvalue weighted by Gasteiger charge is -2.13. The number of ether oxygens (including phenoxy) is 1. The van der Waals surface area contributed by atoms with Crippen LogP contribution < -0.4 is 4.74 Å². The molecule has 0 amide bonds. The number of aliphatic hydroxyl groups is 1. The summed E-state index contributed by atoms with van der Waals surface area (Å²) in [5.41, 5.74) is 2.77. The summed E-state index contributed by atoms with van der Waals surface area (Å²) in [6.07, 6.45) is 1.71. The summed E-state index contributed by atoms with van der Waals surface area (Å²) in [5.74, 6) is 0.917. The van der Waals surface area contributed by atoms with E-state index in [-0.39, 0.29) is 12.4 Å². The van der Waals surface area contributed by atoms with Crippen LogP contribution in [0.4, 0.5) is 0 Å². The first-order chi connectivity index (χ1) is 8.33. The number of benzene rings is 1. The maximum Gasteiger partial charge on any atom is 0.147 e. The Bertz CT molecular complexity index is 483. The molecule has 0 saturated carbocycles. The van der Waals surface area contributed by atoms with Crippen LogP contribution in [-0.2, 0) is 16.4 Å². The fourth-order valence-electron chi connectivity index (χ4n) is 1.85.